The first kappa shape index (κ1) is 14.2. The molecule has 2 atom stereocenters. The van der Waals surface area contributed by atoms with Gasteiger partial charge in [-0.2, -0.15) is 0 Å². The molecule has 1 aliphatic rings. The molecule has 0 spiro atoms. The van der Waals surface area contributed by atoms with Crippen molar-refractivity contribution in [3.63, 3.8) is 0 Å². The molecule has 3 nitrogen and oxygen atoms in total. The van der Waals surface area contributed by atoms with Gasteiger partial charge in [0.1, 0.15) is 0 Å². The summed E-state index contributed by atoms with van der Waals surface area (Å²) in [6, 6.07) is 12.6. The van der Waals surface area contributed by atoms with Crippen molar-refractivity contribution >= 4 is 0 Å². The maximum absolute atomic E-state index is 10.7. The summed E-state index contributed by atoms with van der Waals surface area (Å²) in [5.41, 5.74) is 3.64. The third-order valence-electron chi connectivity index (χ3n) is 4.46. The van der Waals surface area contributed by atoms with Crippen LogP contribution in [0.4, 0.5) is 0 Å². The van der Waals surface area contributed by atoms with Crippen LogP contribution in [-0.4, -0.2) is 27.6 Å². The average molecular weight is 282 g/mol. The van der Waals surface area contributed by atoms with Crippen molar-refractivity contribution in [2.45, 2.75) is 38.5 Å². The van der Waals surface area contributed by atoms with Gasteiger partial charge in [0.25, 0.3) is 0 Å². The van der Waals surface area contributed by atoms with E-state index in [1.807, 2.05) is 30.6 Å². The van der Waals surface area contributed by atoms with Crippen LogP contribution in [0, 0.1) is 0 Å². The first-order valence-electron chi connectivity index (χ1n) is 7.68. The molecule has 1 N–H and O–H groups in total. The molecule has 0 bridgehead atoms. The highest BCUT2D eigenvalue weighted by molar-refractivity contribution is 5.32. The number of aromatic nitrogens is 1. The van der Waals surface area contributed by atoms with Gasteiger partial charge in [-0.25, -0.2) is 0 Å². The summed E-state index contributed by atoms with van der Waals surface area (Å²) in [5.74, 6) is 0. The van der Waals surface area contributed by atoms with Crippen LogP contribution in [0.3, 0.4) is 0 Å². The van der Waals surface area contributed by atoms with Crippen molar-refractivity contribution in [3.05, 3.63) is 65.5 Å². The Morgan fingerprint density at radius 3 is 2.71 bits per heavy atom. The number of hydrogen-bond acceptors (Lipinski definition) is 3. The van der Waals surface area contributed by atoms with E-state index in [4.69, 9.17) is 0 Å². The van der Waals surface area contributed by atoms with Crippen LogP contribution in [-0.2, 0) is 13.0 Å². The minimum absolute atomic E-state index is 0.193. The minimum Gasteiger partial charge on any atom is -0.387 e. The molecule has 2 aromatic rings. The van der Waals surface area contributed by atoms with Gasteiger partial charge in [0, 0.05) is 25.0 Å². The molecule has 1 aromatic carbocycles. The van der Waals surface area contributed by atoms with Crippen LogP contribution in [0.1, 0.15) is 36.1 Å². The van der Waals surface area contributed by atoms with Crippen molar-refractivity contribution in [2.75, 3.05) is 6.54 Å². The van der Waals surface area contributed by atoms with Gasteiger partial charge in [-0.1, -0.05) is 31.2 Å². The lowest BCUT2D eigenvalue weighted by molar-refractivity contribution is 0.0343. The number of hydrogen-bond donors (Lipinski definition) is 1. The Labute approximate surface area is 126 Å². The normalized spacial score (nSPS) is 21.3. The van der Waals surface area contributed by atoms with Crippen molar-refractivity contribution in [2.24, 2.45) is 0 Å². The molecule has 110 valence electrons. The third kappa shape index (κ3) is 2.99. The van der Waals surface area contributed by atoms with Crippen molar-refractivity contribution < 1.29 is 5.11 Å². The first-order chi connectivity index (χ1) is 10.3. The number of benzene rings is 1. The summed E-state index contributed by atoms with van der Waals surface area (Å²) in [6.45, 7) is 3.96. The van der Waals surface area contributed by atoms with Gasteiger partial charge in [0.05, 0.1) is 6.10 Å². The Kier molecular flexibility index (Phi) is 4.32. The number of rotatable bonds is 4. The lowest BCUT2D eigenvalue weighted by atomic mass is 9.85. The highest BCUT2D eigenvalue weighted by Crippen LogP contribution is 2.33. The largest absolute Gasteiger partial charge is 0.387 e. The molecule has 0 saturated carbocycles. The van der Waals surface area contributed by atoms with Crippen molar-refractivity contribution in [1.29, 1.82) is 0 Å². The molecule has 0 radical (unpaired) electrons. The maximum Gasteiger partial charge on any atom is 0.0948 e. The van der Waals surface area contributed by atoms with E-state index in [0.717, 1.165) is 31.5 Å². The van der Waals surface area contributed by atoms with E-state index in [1.165, 1.54) is 11.1 Å². The third-order valence-corrected chi connectivity index (χ3v) is 4.46. The Hall–Kier alpha value is -1.71. The monoisotopic (exact) mass is 282 g/mol. The molecule has 3 heteroatoms. The molecule has 0 aliphatic heterocycles. The molecule has 0 amide bonds. The highest BCUT2D eigenvalue weighted by atomic mass is 16.3. The second kappa shape index (κ2) is 6.37. The minimum atomic E-state index is -0.392. The molecule has 0 fully saturated rings. The van der Waals surface area contributed by atoms with E-state index in [-0.39, 0.29) is 6.04 Å². The maximum atomic E-state index is 10.7. The van der Waals surface area contributed by atoms with Crippen LogP contribution >= 0.6 is 0 Å². The number of likely N-dealkylation sites (N-methyl/N-ethyl adjacent to an activating group) is 1. The fourth-order valence-corrected chi connectivity index (χ4v) is 3.29. The van der Waals surface area contributed by atoms with E-state index in [0.29, 0.717) is 0 Å². The number of aliphatic hydroxyl groups is 1. The molecule has 1 aromatic heterocycles. The molecule has 3 rings (SSSR count). The van der Waals surface area contributed by atoms with Gasteiger partial charge >= 0.3 is 0 Å². The summed E-state index contributed by atoms with van der Waals surface area (Å²) in [5, 5.41) is 10.7. The topological polar surface area (TPSA) is 36.4 Å². The standard InChI is InChI=1S/C18H22N2O/c1-2-20(13-14-9-11-19-12-10-14)17-8-7-15-5-3-4-6-16(15)18(17)21/h3-6,9-12,17-18,21H,2,7-8,13H2,1H3. The fraction of sp³-hybridized carbons (Fsp3) is 0.389. The van der Waals surface area contributed by atoms with E-state index in [1.54, 1.807) is 0 Å². The summed E-state index contributed by atoms with van der Waals surface area (Å²) in [6.07, 6.45) is 5.32. The van der Waals surface area contributed by atoms with Gasteiger partial charge in [0.2, 0.25) is 0 Å². The highest BCUT2D eigenvalue weighted by Gasteiger charge is 2.31. The quantitative estimate of drug-likeness (QED) is 0.936. The predicted octanol–water partition coefficient (Wildman–Crippen LogP) is 2.95. The molecule has 1 aliphatic carbocycles. The predicted molar refractivity (Wildman–Crippen MR) is 83.8 cm³/mol. The number of aryl methyl sites for hydroxylation is 1. The second-order valence-corrected chi connectivity index (χ2v) is 5.67. The fourth-order valence-electron chi connectivity index (χ4n) is 3.29. The summed E-state index contributed by atoms with van der Waals surface area (Å²) < 4.78 is 0. The molecular formula is C18H22N2O. The second-order valence-electron chi connectivity index (χ2n) is 5.67. The van der Waals surface area contributed by atoms with Gasteiger partial charge < -0.3 is 5.11 Å². The number of pyridine rings is 1. The first-order valence-corrected chi connectivity index (χ1v) is 7.68. The van der Waals surface area contributed by atoms with Crippen LogP contribution in [0.5, 0.6) is 0 Å². The van der Waals surface area contributed by atoms with E-state index in [9.17, 15) is 5.11 Å². The summed E-state index contributed by atoms with van der Waals surface area (Å²) in [4.78, 5) is 6.44. The smallest absolute Gasteiger partial charge is 0.0948 e. The molecular weight excluding hydrogens is 260 g/mol. The van der Waals surface area contributed by atoms with E-state index in [2.05, 4.69) is 35.0 Å². The lowest BCUT2D eigenvalue weighted by Crippen LogP contribution is -2.41. The zero-order chi connectivity index (χ0) is 14.7. The number of fused-ring (bicyclic) bond motifs is 1. The van der Waals surface area contributed by atoms with Gasteiger partial charge in [0.15, 0.2) is 0 Å². The van der Waals surface area contributed by atoms with Crippen LogP contribution in [0.25, 0.3) is 0 Å². The Bertz CT molecular complexity index is 585. The zero-order valence-corrected chi connectivity index (χ0v) is 12.4. The van der Waals surface area contributed by atoms with Gasteiger partial charge in [-0.15, -0.1) is 0 Å². The number of nitrogens with zero attached hydrogens (tertiary/aromatic N) is 2. The average Bonchev–Trinajstić information content (AvgIpc) is 2.55. The van der Waals surface area contributed by atoms with E-state index < -0.39 is 6.10 Å². The molecule has 21 heavy (non-hydrogen) atoms. The van der Waals surface area contributed by atoms with Crippen molar-refractivity contribution in [1.82, 2.24) is 9.88 Å². The summed E-state index contributed by atoms with van der Waals surface area (Å²) in [7, 11) is 0. The lowest BCUT2D eigenvalue weighted by Gasteiger charge is -2.38. The Morgan fingerprint density at radius 1 is 1.19 bits per heavy atom. The van der Waals surface area contributed by atoms with Crippen LogP contribution < -0.4 is 0 Å². The van der Waals surface area contributed by atoms with E-state index >= 15 is 0 Å². The van der Waals surface area contributed by atoms with Crippen LogP contribution in [0.2, 0.25) is 0 Å². The summed E-state index contributed by atoms with van der Waals surface area (Å²) >= 11 is 0. The van der Waals surface area contributed by atoms with Crippen molar-refractivity contribution in [3.8, 4) is 0 Å². The SMILES string of the molecule is CCN(Cc1ccncc1)C1CCc2ccccc2C1O. The van der Waals surface area contributed by atoms with Crippen LogP contribution in [0.15, 0.2) is 48.8 Å². The Balaban J connectivity index is 1.79. The van der Waals surface area contributed by atoms with Gasteiger partial charge in [-0.05, 0) is 48.2 Å². The Morgan fingerprint density at radius 2 is 1.95 bits per heavy atom. The molecule has 1 heterocycles. The molecule has 0 saturated heterocycles. The van der Waals surface area contributed by atoms with Gasteiger partial charge in [-0.3, -0.25) is 9.88 Å². The number of aliphatic hydroxyl groups excluding tert-OH is 1. The zero-order valence-electron chi connectivity index (χ0n) is 12.4. The molecule has 2 unspecified atom stereocenters.